The summed E-state index contributed by atoms with van der Waals surface area (Å²) in [5.74, 6) is 0. The zero-order valence-corrected chi connectivity index (χ0v) is 69.2. The van der Waals surface area contributed by atoms with Gasteiger partial charge in [0.15, 0.2) is 0 Å². The number of rotatable bonds is 6. The third kappa shape index (κ3) is 11.3. The number of anilines is 6. The van der Waals surface area contributed by atoms with Crippen LogP contribution in [-0.2, 0) is 37.9 Å². The highest BCUT2D eigenvalue weighted by molar-refractivity contribution is 7.00. The van der Waals surface area contributed by atoms with E-state index in [4.69, 9.17) is 2.74 Å². The molecule has 0 saturated carbocycles. The Bertz CT molecular complexity index is 6870. The van der Waals surface area contributed by atoms with E-state index in [1.165, 1.54) is 22.3 Å². The summed E-state index contributed by atoms with van der Waals surface area (Å²) in [5.41, 5.74) is 22.7. The predicted molar refractivity (Wildman–Crippen MR) is 489 cm³/mol. The van der Waals surface area contributed by atoms with Crippen molar-refractivity contribution in [1.82, 2.24) is 18.3 Å². The van der Waals surface area contributed by atoms with E-state index < -0.39 is 48.4 Å². The van der Waals surface area contributed by atoms with Gasteiger partial charge in [0.05, 0.1) is 69.2 Å². The summed E-state index contributed by atoms with van der Waals surface area (Å²) < 4.78 is 105. The van der Waals surface area contributed by atoms with E-state index in [0.29, 0.717) is 33.4 Å². The van der Waals surface area contributed by atoms with Crippen LogP contribution < -0.4 is 26.2 Å². The molecule has 4 aromatic heterocycles. The maximum Gasteiger partial charge on any atom is 0.252 e. The van der Waals surface area contributed by atoms with Gasteiger partial charge in [0.1, 0.15) is 0 Å². The molecule has 2 aliphatic rings. The number of benzene rings is 13. The number of fused-ring (bicyclic) bond motifs is 16. The normalized spacial score (nSPS) is 15.1. The highest BCUT2D eigenvalue weighted by Gasteiger charge is 2.46. The number of para-hydroxylation sites is 4. The molecular formula is C106H105BN6. The first kappa shape index (κ1) is 61.3. The van der Waals surface area contributed by atoms with Crippen LogP contribution in [0.5, 0.6) is 0 Å². The molecule has 19 rings (SSSR count). The van der Waals surface area contributed by atoms with Gasteiger partial charge in [0.25, 0.3) is 6.71 Å². The molecule has 0 fully saturated rings. The number of hydrogen-bond donors (Lipinski definition) is 0. The van der Waals surface area contributed by atoms with E-state index in [2.05, 4.69) is 358 Å². The van der Waals surface area contributed by atoms with Crippen molar-refractivity contribution in [3.63, 3.8) is 0 Å². The second-order valence-electron chi connectivity index (χ2n) is 39.3. The summed E-state index contributed by atoms with van der Waals surface area (Å²) >= 11 is 0. The lowest BCUT2D eigenvalue weighted by molar-refractivity contribution is 0.590. The van der Waals surface area contributed by atoms with Gasteiger partial charge in [-0.2, -0.15) is 0 Å². The van der Waals surface area contributed by atoms with Crippen LogP contribution in [0.25, 0.3) is 110 Å². The minimum atomic E-state index is -0.570. The molecule has 0 spiro atoms. The Hall–Kier alpha value is -11.3. The molecule has 0 aliphatic carbocycles. The zero-order chi connectivity index (χ0) is 87.7. The van der Waals surface area contributed by atoms with E-state index in [0.717, 1.165) is 132 Å². The monoisotopic (exact) mass is 1480 g/mol. The van der Waals surface area contributed by atoms with E-state index in [1.807, 2.05) is 9.13 Å². The van der Waals surface area contributed by atoms with Gasteiger partial charge in [0, 0.05) is 88.6 Å². The average molecular weight is 1480 g/mol. The van der Waals surface area contributed by atoms with Crippen LogP contribution in [0.3, 0.4) is 0 Å². The standard InChI is InChI=1S/C106H105BN6/c1-100(2,3)64-42-52-89-77(54-64)75-34-28-36-91(98(75)110(89)71-30-24-22-25-31-71)112-93-62-73(108-85-48-38-66(102(7,8)9)56-79(85)80-57-67(103(10,11)12)39-49-86(80)108)44-46-83(93)107-84-47-45-74(109-87-50-40-68(104(13,14)15)58-81(87)82-59-69(105(16,17)18)41-51-88(82)109)63-94(84)113(96-61-70(106(19,20)21)60-95(112)97(96)107)92-37-29-35-76-78-55-65(101(4,5)6)43-53-90(78)111(99(76)92)72-32-26-23-27-33-72/h22-63H,1-21H3/i22D,23D,24D,25D,26D,27D,30D,31D,32D,33D. The van der Waals surface area contributed by atoms with Gasteiger partial charge >= 0.3 is 0 Å². The Kier molecular flexibility index (Phi) is 13.4. The summed E-state index contributed by atoms with van der Waals surface area (Å²) in [6.45, 7) is 46.6. The first-order valence-electron chi connectivity index (χ1n) is 45.2. The van der Waals surface area contributed by atoms with E-state index in [1.54, 1.807) is 0 Å². The molecule has 17 aromatic rings. The molecule has 7 heteroatoms. The molecule has 0 N–H and O–H groups in total. The third-order valence-corrected chi connectivity index (χ3v) is 24.6. The average Bonchev–Trinajstić information content (AvgIpc) is 1.66. The van der Waals surface area contributed by atoms with Crippen molar-refractivity contribution >= 4 is 144 Å². The van der Waals surface area contributed by atoms with Gasteiger partial charge in [-0.25, -0.2) is 0 Å². The van der Waals surface area contributed by atoms with Gasteiger partial charge in [0.2, 0.25) is 0 Å². The van der Waals surface area contributed by atoms with Gasteiger partial charge < -0.3 is 28.1 Å². The summed E-state index contributed by atoms with van der Waals surface area (Å²) in [6.07, 6.45) is 0. The van der Waals surface area contributed by atoms with E-state index in [-0.39, 0.29) is 68.0 Å². The molecule has 562 valence electrons. The van der Waals surface area contributed by atoms with Crippen molar-refractivity contribution < 1.29 is 13.7 Å². The van der Waals surface area contributed by atoms with E-state index >= 15 is 0 Å². The maximum atomic E-state index is 10.0. The molecule has 13 aromatic carbocycles. The zero-order valence-electron chi connectivity index (χ0n) is 79.2. The molecule has 0 radical (unpaired) electrons. The van der Waals surface area contributed by atoms with Crippen molar-refractivity contribution in [2.45, 2.75) is 183 Å². The first-order valence-corrected chi connectivity index (χ1v) is 40.2. The van der Waals surface area contributed by atoms with Crippen LogP contribution in [0.1, 0.15) is 198 Å². The summed E-state index contributed by atoms with van der Waals surface area (Å²) in [7, 11) is 0. The van der Waals surface area contributed by atoms with Crippen LogP contribution in [0.15, 0.2) is 255 Å². The molecule has 6 nitrogen and oxygen atoms in total. The lowest BCUT2D eigenvalue weighted by atomic mass is 9.33. The Morgan fingerprint density at radius 3 is 0.788 bits per heavy atom. The fraction of sp³-hybridized carbons (Fsp3) is 0.264. The molecule has 0 bridgehead atoms. The Morgan fingerprint density at radius 1 is 0.230 bits per heavy atom. The quantitative estimate of drug-likeness (QED) is 0.155. The number of aromatic nitrogens is 4. The summed E-state index contributed by atoms with van der Waals surface area (Å²) in [4.78, 5) is 4.83. The first-order chi connectivity index (χ1) is 57.6. The van der Waals surface area contributed by atoms with E-state index in [9.17, 15) is 11.0 Å². The molecule has 113 heavy (non-hydrogen) atoms. The smallest absolute Gasteiger partial charge is 0.252 e. The van der Waals surface area contributed by atoms with Gasteiger partial charge in [-0.15, -0.1) is 0 Å². The summed E-state index contributed by atoms with van der Waals surface area (Å²) in [5, 5.41) is 7.93. The van der Waals surface area contributed by atoms with Crippen LogP contribution in [0.2, 0.25) is 0 Å². The largest absolute Gasteiger partial charge is 0.309 e. The molecule has 0 atom stereocenters. The molecular weight excluding hydrogens is 1370 g/mol. The van der Waals surface area contributed by atoms with Crippen molar-refractivity contribution in [3.05, 3.63) is 293 Å². The molecule has 2 aliphatic heterocycles. The fourth-order valence-corrected chi connectivity index (χ4v) is 18.2. The lowest BCUT2D eigenvalue weighted by Gasteiger charge is -2.45. The van der Waals surface area contributed by atoms with Crippen LogP contribution in [0, 0.1) is 0 Å². The Morgan fingerprint density at radius 2 is 0.504 bits per heavy atom. The molecule has 6 heterocycles. The van der Waals surface area contributed by atoms with Crippen LogP contribution in [0.4, 0.5) is 34.1 Å². The third-order valence-electron chi connectivity index (χ3n) is 24.6. The van der Waals surface area contributed by atoms with Crippen molar-refractivity contribution in [2.75, 3.05) is 9.80 Å². The topological polar surface area (TPSA) is 26.2 Å². The van der Waals surface area contributed by atoms with Crippen molar-refractivity contribution in [1.29, 1.82) is 0 Å². The second-order valence-corrected chi connectivity index (χ2v) is 39.3. The predicted octanol–water partition coefficient (Wildman–Crippen LogP) is 27.2. The fourth-order valence-electron chi connectivity index (χ4n) is 18.2. The van der Waals surface area contributed by atoms with Gasteiger partial charge in [-0.05, 0) is 239 Å². The summed E-state index contributed by atoms with van der Waals surface area (Å²) in [6, 6.07) is 67.9. The number of hydrogen-bond acceptors (Lipinski definition) is 2. The SMILES string of the molecule is [2H]c1c([2H])c([2H])c(-n2c3ccc(C(C)(C)C)cc3c3cccc(N4c5cc(-n6c7ccc(C(C)(C)C)cc7c7cc(C(C)(C)C)ccc76)ccc5B5c6ccc(-n7c8ccc(C(C)(C)C)cc8c8cc(C(C)(C)C)ccc87)cc6N(c6cccc7c8cc(C(C)(C)C)ccc8n(-c8c([2H])c([2H])c([2H])c([2H])c8[2H])c67)c6cc(C(C)(C)C)cc4c65)c32)c([2H])c1[2H]. The molecule has 0 saturated heterocycles. The highest BCUT2D eigenvalue weighted by atomic mass is 15.2. The van der Waals surface area contributed by atoms with Gasteiger partial charge in [-0.1, -0.05) is 254 Å². The maximum absolute atomic E-state index is 10.0. The Balaban J connectivity index is 1.01. The van der Waals surface area contributed by atoms with Crippen molar-refractivity contribution in [2.24, 2.45) is 0 Å². The van der Waals surface area contributed by atoms with Crippen LogP contribution >= 0.6 is 0 Å². The number of nitrogens with zero attached hydrogens (tertiary/aromatic N) is 6. The lowest BCUT2D eigenvalue weighted by Crippen LogP contribution is -2.61. The second kappa shape index (κ2) is 24.6. The molecule has 0 unspecified atom stereocenters. The minimum Gasteiger partial charge on any atom is -0.309 e. The Labute approximate surface area is 682 Å². The minimum absolute atomic E-state index is 0.0292. The highest BCUT2D eigenvalue weighted by Crippen LogP contribution is 2.53. The van der Waals surface area contributed by atoms with Crippen molar-refractivity contribution in [3.8, 4) is 22.7 Å². The van der Waals surface area contributed by atoms with Crippen LogP contribution in [-0.4, -0.2) is 25.0 Å². The van der Waals surface area contributed by atoms with Gasteiger partial charge in [-0.3, -0.25) is 0 Å². The molecule has 0 amide bonds.